The summed E-state index contributed by atoms with van der Waals surface area (Å²) >= 11 is 5.64. The van der Waals surface area contributed by atoms with E-state index in [1.54, 1.807) is 0 Å². The van der Waals surface area contributed by atoms with Crippen molar-refractivity contribution in [1.29, 1.82) is 0 Å². The van der Waals surface area contributed by atoms with Gasteiger partial charge in [0.05, 0.1) is 10.6 Å². The Morgan fingerprint density at radius 1 is 1.24 bits per heavy atom. The zero-order chi connectivity index (χ0) is 15.6. The Bertz CT molecular complexity index is 842. The van der Waals surface area contributed by atoms with Gasteiger partial charge in [-0.05, 0) is 18.2 Å². The van der Waals surface area contributed by atoms with E-state index in [0.29, 0.717) is 0 Å². The molecule has 0 aliphatic heterocycles. The molecule has 1 aromatic carbocycles. The minimum atomic E-state index is -3.97. The first-order chi connectivity index (χ1) is 9.79. The molecule has 0 atom stereocenters. The molecular weight excluding hydrogens is 322 g/mol. The highest BCUT2D eigenvalue weighted by atomic mass is 35.5. The molecule has 0 saturated carbocycles. The Morgan fingerprint density at radius 2 is 1.95 bits per heavy atom. The van der Waals surface area contributed by atoms with Crippen molar-refractivity contribution < 1.29 is 13.3 Å². The minimum absolute atomic E-state index is 0.0164. The van der Waals surface area contributed by atoms with Crippen LogP contribution in [0.15, 0.2) is 46.2 Å². The highest BCUT2D eigenvalue weighted by Crippen LogP contribution is 2.28. The van der Waals surface area contributed by atoms with Crippen LogP contribution >= 0.6 is 11.6 Å². The summed E-state index contributed by atoms with van der Waals surface area (Å²) in [5, 5.41) is 10.6. The van der Waals surface area contributed by atoms with Crippen molar-refractivity contribution in [3.05, 3.63) is 62.0 Å². The lowest BCUT2D eigenvalue weighted by molar-refractivity contribution is -0.384. The fourth-order valence-corrected chi connectivity index (χ4v) is 2.70. The molecule has 0 fully saturated rings. The van der Waals surface area contributed by atoms with Crippen LogP contribution < -0.4 is 10.3 Å². The number of benzene rings is 1. The summed E-state index contributed by atoms with van der Waals surface area (Å²) in [5.74, 6) is 0. The largest absolute Gasteiger partial charge is 0.328 e. The predicted molar refractivity (Wildman–Crippen MR) is 76.0 cm³/mol. The maximum atomic E-state index is 12.0. The monoisotopic (exact) mass is 329 g/mol. The van der Waals surface area contributed by atoms with Gasteiger partial charge in [0.15, 0.2) is 0 Å². The standard InChI is InChI=1S/C11H8ClN3O5S/c12-9-3-1-7(5-10(9)15(17)18)14-21(19,20)8-2-4-11(16)13-6-8/h1-6,14H,(H,13,16). The maximum absolute atomic E-state index is 12.0. The number of H-pyrrole nitrogens is 1. The number of nitrogens with zero attached hydrogens (tertiary/aromatic N) is 1. The number of nitro benzene ring substituents is 1. The molecule has 110 valence electrons. The number of halogens is 1. The molecule has 0 spiro atoms. The molecule has 0 saturated heterocycles. The molecule has 0 aliphatic rings. The van der Waals surface area contributed by atoms with Gasteiger partial charge in [-0.15, -0.1) is 0 Å². The van der Waals surface area contributed by atoms with Crippen molar-refractivity contribution in [3.63, 3.8) is 0 Å². The van der Waals surface area contributed by atoms with Crippen LogP contribution in [0.5, 0.6) is 0 Å². The van der Waals surface area contributed by atoms with Crippen molar-refractivity contribution in [2.75, 3.05) is 4.72 Å². The van der Waals surface area contributed by atoms with Crippen molar-refractivity contribution >= 4 is 33.0 Å². The Labute approximate surface area is 123 Å². The van der Waals surface area contributed by atoms with Crippen LogP contribution in [-0.4, -0.2) is 18.3 Å². The molecule has 0 aliphatic carbocycles. The van der Waals surface area contributed by atoms with Gasteiger partial charge in [0.2, 0.25) is 5.56 Å². The Morgan fingerprint density at radius 3 is 2.52 bits per heavy atom. The molecule has 0 radical (unpaired) electrons. The van der Waals surface area contributed by atoms with E-state index in [9.17, 15) is 23.3 Å². The normalized spacial score (nSPS) is 11.1. The average molecular weight is 330 g/mol. The van der Waals surface area contributed by atoms with Gasteiger partial charge < -0.3 is 4.98 Å². The van der Waals surface area contributed by atoms with Gasteiger partial charge in [-0.25, -0.2) is 8.42 Å². The lowest BCUT2D eigenvalue weighted by Gasteiger charge is -2.07. The molecule has 2 rings (SSSR count). The van der Waals surface area contributed by atoms with Crippen molar-refractivity contribution in [2.24, 2.45) is 0 Å². The third kappa shape index (κ3) is 3.38. The van der Waals surface area contributed by atoms with E-state index in [1.807, 2.05) is 0 Å². The lowest BCUT2D eigenvalue weighted by atomic mass is 10.3. The van der Waals surface area contributed by atoms with Gasteiger partial charge in [-0.2, -0.15) is 0 Å². The van der Waals surface area contributed by atoms with E-state index in [1.165, 1.54) is 12.1 Å². The number of hydrogen-bond acceptors (Lipinski definition) is 5. The molecule has 10 heteroatoms. The molecule has 1 heterocycles. The van der Waals surface area contributed by atoms with Gasteiger partial charge in [0.25, 0.3) is 15.7 Å². The van der Waals surface area contributed by atoms with E-state index in [-0.39, 0.29) is 15.6 Å². The summed E-state index contributed by atoms with van der Waals surface area (Å²) in [6, 6.07) is 5.68. The number of rotatable bonds is 4. The number of nitrogens with one attached hydrogen (secondary N) is 2. The first kappa shape index (κ1) is 15.0. The van der Waals surface area contributed by atoms with Crippen LogP contribution in [0.2, 0.25) is 5.02 Å². The molecule has 1 aromatic heterocycles. The summed E-state index contributed by atoms with van der Waals surface area (Å²) in [6.07, 6.45) is 1.02. The molecule has 0 bridgehead atoms. The number of anilines is 1. The van der Waals surface area contributed by atoms with E-state index in [4.69, 9.17) is 11.6 Å². The first-order valence-corrected chi connectivity index (χ1v) is 7.31. The number of hydrogen-bond donors (Lipinski definition) is 2. The summed E-state index contributed by atoms with van der Waals surface area (Å²) in [5.41, 5.74) is -0.883. The third-order valence-electron chi connectivity index (χ3n) is 2.46. The van der Waals surface area contributed by atoms with Gasteiger partial charge in [0.1, 0.15) is 9.92 Å². The molecule has 0 unspecified atom stereocenters. The van der Waals surface area contributed by atoms with E-state index in [2.05, 4.69) is 9.71 Å². The SMILES string of the molecule is O=c1ccc(S(=O)(=O)Nc2ccc(Cl)c([N+](=O)[O-])c2)c[nH]1. The number of pyridine rings is 1. The topological polar surface area (TPSA) is 122 Å². The zero-order valence-electron chi connectivity index (χ0n) is 10.2. The van der Waals surface area contributed by atoms with Crippen LogP contribution in [-0.2, 0) is 10.0 Å². The maximum Gasteiger partial charge on any atom is 0.289 e. The van der Waals surface area contributed by atoms with Crippen LogP contribution in [0.4, 0.5) is 11.4 Å². The van der Waals surface area contributed by atoms with Crippen LogP contribution in [0.25, 0.3) is 0 Å². The summed E-state index contributed by atoms with van der Waals surface area (Å²) < 4.78 is 26.2. The summed E-state index contributed by atoms with van der Waals surface area (Å²) in [7, 11) is -3.97. The third-order valence-corrected chi connectivity index (χ3v) is 4.16. The van der Waals surface area contributed by atoms with Gasteiger partial charge >= 0.3 is 0 Å². The minimum Gasteiger partial charge on any atom is -0.328 e. The predicted octanol–water partition coefficient (Wildman–Crippen LogP) is 1.74. The summed E-state index contributed by atoms with van der Waals surface area (Å²) in [4.78, 5) is 23.0. The fraction of sp³-hybridized carbons (Fsp3) is 0. The van der Waals surface area contributed by atoms with Crippen LogP contribution in [0.1, 0.15) is 0 Å². The van der Waals surface area contributed by atoms with Gasteiger partial charge in [-0.3, -0.25) is 19.6 Å². The molecule has 8 nitrogen and oxygen atoms in total. The quantitative estimate of drug-likeness (QED) is 0.653. The molecule has 2 N–H and O–H groups in total. The van der Waals surface area contributed by atoms with Crippen LogP contribution in [0, 0.1) is 10.1 Å². The molecule has 2 aromatic rings. The summed E-state index contributed by atoms with van der Waals surface area (Å²) in [6.45, 7) is 0. The Hall–Kier alpha value is -2.39. The van der Waals surface area contributed by atoms with Crippen molar-refractivity contribution in [3.8, 4) is 0 Å². The van der Waals surface area contributed by atoms with Gasteiger partial charge in [-0.1, -0.05) is 11.6 Å². The highest BCUT2D eigenvalue weighted by molar-refractivity contribution is 7.92. The van der Waals surface area contributed by atoms with Crippen molar-refractivity contribution in [2.45, 2.75) is 4.90 Å². The van der Waals surface area contributed by atoms with Crippen LogP contribution in [0.3, 0.4) is 0 Å². The molecule has 21 heavy (non-hydrogen) atoms. The number of sulfonamides is 1. The second-order valence-electron chi connectivity index (χ2n) is 3.92. The second-order valence-corrected chi connectivity index (χ2v) is 6.01. The first-order valence-electron chi connectivity index (χ1n) is 5.45. The number of nitro groups is 1. The number of aromatic amines is 1. The second kappa shape index (κ2) is 5.54. The molecular formula is C11H8ClN3O5S. The van der Waals surface area contributed by atoms with E-state index in [0.717, 1.165) is 24.4 Å². The van der Waals surface area contributed by atoms with Gasteiger partial charge in [0, 0.05) is 18.3 Å². The van der Waals surface area contributed by atoms with E-state index >= 15 is 0 Å². The lowest BCUT2D eigenvalue weighted by Crippen LogP contribution is -2.15. The number of aromatic nitrogens is 1. The molecule has 0 amide bonds. The zero-order valence-corrected chi connectivity index (χ0v) is 11.8. The highest BCUT2D eigenvalue weighted by Gasteiger charge is 2.18. The Kier molecular flexibility index (Phi) is 3.96. The van der Waals surface area contributed by atoms with Crippen molar-refractivity contribution in [1.82, 2.24) is 4.98 Å². The fourth-order valence-electron chi connectivity index (χ4n) is 1.49. The average Bonchev–Trinajstić information content (AvgIpc) is 2.41. The Balaban J connectivity index is 2.37. The van der Waals surface area contributed by atoms with E-state index < -0.39 is 26.2 Å². The smallest absolute Gasteiger partial charge is 0.289 e.